The van der Waals surface area contributed by atoms with Crippen LogP contribution in [0.2, 0.25) is 0 Å². The Balaban J connectivity index is 2.02. The summed E-state index contributed by atoms with van der Waals surface area (Å²) in [6.07, 6.45) is 2.15. The SMILES string of the molecule is CCOC(=O)CN1C2CC(O)CC1CC(C(=O)OCC)C2. The number of esters is 2. The van der Waals surface area contributed by atoms with E-state index >= 15 is 0 Å². The standard InChI is InChI=1S/C15H25NO5/c1-3-20-14(18)9-16-11-5-10(15(19)21-4-2)6-12(16)8-13(17)7-11/h10-13,17H,3-9H2,1-2H3. The highest BCUT2D eigenvalue weighted by Crippen LogP contribution is 2.37. The van der Waals surface area contributed by atoms with E-state index in [0.29, 0.717) is 38.9 Å². The van der Waals surface area contributed by atoms with E-state index in [9.17, 15) is 14.7 Å². The van der Waals surface area contributed by atoms with Crippen molar-refractivity contribution in [1.82, 2.24) is 4.90 Å². The molecule has 1 N–H and O–H groups in total. The van der Waals surface area contributed by atoms with E-state index in [2.05, 4.69) is 4.90 Å². The Bertz CT molecular complexity index is 370. The molecule has 2 fully saturated rings. The highest BCUT2D eigenvalue weighted by Gasteiger charge is 2.44. The zero-order valence-electron chi connectivity index (χ0n) is 12.8. The van der Waals surface area contributed by atoms with Crippen molar-refractivity contribution in [2.45, 2.75) is 57.7 Å². The molecule has 2 aliphatic rings. The maximum atomic E-state index is 11.9. The molecule has 21 heavy (non-hydrogen) atoms. The molecule has 2 bridgehead atoms. The van der Waals surface area contributed by atoms with Gasteiger partial charge >= 0.3 is 11.9 Å². The van der Waals surface area contributed by atoms with Crippen LogP contribution >= 0.6 is 0 Å². The van der Waals surface area contributed by atoms with Gasteiger partial charge in [-0.05, 0) is 39.5 Å². The number of fused-ring (bicyclic) bond motifs is 2. The number of piperidine rings is 2. The highest BCUT2D eigenvalue weighted by atomic mass is 16.5. The molecule has 0 amide bonds. The maximum absolute atomic E-state index is 11.9. The van der Waals surface area contributed by atoms with Crippen LogP contribution in [0, 0.1) is 5.92 Å². The van der Waals surface area contributed by atoms with E-state index in [-0.39, 0.29) is 42.6 Å². The van der Waals surface area contributed by atoms with Crippen LogP contribution in [0.5, 0.6) is 0 Å². The number of ether oxygens (including phenoxy) is 2. The van der Waals surface area contributed by atoms with Crippen molar-refractivity contribution in [3.8, 4) is 0 Å². The molecule has 2 atom stereocenters. The predicted octanol–water partition coefficient (Wildman–Crippen LogP) is 0.716. The first kappa shape index (κ1) is 16.2. The summed E-state index contributed by atoms with van der Waals surface area (Å²) in [7, 11) is 0. The van der Waals surface area contributed by atoms with Gasteiger partial charge in [0.15, 0.2) is 0 Å². The molecular weight excluding hydrogens is 274 g/mol. The molecule has 0 spiro atoms. The number of aliphatic hydroxyl groups is 1. The van der Waals surface area contributed by atoms with Gasteiger partial charge in [0.05, 0.1) is 31.8 Å². The summed E-state index contributed by atoms with van der Waals surface area (Å²) < 4.78 is 10.1. The van der Waals surface area contributed by atoms with Crippen molar-refractivity contribution in [3.63, 3.8) is 0 Å². The van der Waals surface area contributed by atoms with Crippen LogP contribution in [0.4, 0.5) is 0 Å². The fraction of sp³-hybridized carbons (Fsp3) is 0.867. The minimum Gasteiger partial charge on any atom is -0.466 e. The molecule has 6 heteroatoms. The molecule has 2 rings (SSSR count). The average Bonchev–Trinajstić information content (AvgIpc) is 2.40. The van der Waals surface area contributed by atoms with Gasteiger partial charge in [0.2, 0.25) is 0 Å². The van der Waals surface area contributed by atoms with Crippen LogP contribution in [0.3, 0.4) is 0 Å². The molecule has 120 valence electrons. The first-order valence-corrected chi connectivity index (χ1v) is 7.81. The van der Waals surface area contributed by atoms with Crippen LogP contribution in [0.1, 0.15) is 39.5 Å². The van der Waals surface area contributed by atoms with Gasteiger partial charge in [0.25, 0.3) is 0 Å². The molecule has 0 aromatic rings. The summed E-state index contributed by atoms with van der Waals surface area (Å²) in [4.78, 5) is 25.8. The normalized spacial score (nSPS) is 32.5. The van der Waals surface area contributed by atoms with Gasteiger partial charge in [0, 0.05) is 12.1 Å². The number of rotatable bonds is 5. The summed E-state index contributed by atoms with van der Waals surface area (Å²) >= 11 is 0. The summed E-state index contributed by atoms with van der Waals surface area (Å²) in [6, 6.07) is 0.0950. The Morgan fingerprint density at radius 3 is 2.14 bits per heavy atom. The third-order valence-corrected chi connectivity index (χ3v) is 4.38. The number of aliphatic hydroxyl groups excluding tert-OH is 1. The van der Waals surface area contributed by atoms with Crippen molar-refractivity contribution in [1.29, 1.82) is 0 Å². The zero-order valence-corrected chi connectivity index (χ0v) is 12.8. The topological polar surface area (TPSA) is 76.1 Å². The monoisotopic (exact) mass is 299 g/mol. The smallest absolute Gasteiger partial charge is 0.320 e. The van der Waals surface area contributed by atoms with Gasteiger partial charge in [0.1, 0.15) is 0 Å². The van der Waals surface area contributed by atoms with Crippen LogP contribution in [-0.2, 0) is 19.1 Å². The molecule has 0 aromatic carbocycles. The number of hydrogen-bond acceptors (Lipinski definition) is 6. The summed E-state index contributed by atoms with van der Waals surface area (Å²) in [5, 5.41) is 9.94. The van der Waals surface area contributed by atoms with Crippen molar-refractivity contribution in [3.05, 3.63) is 0 Å². The van der Waals surface area contributed by atoms with Gasteiger partial charge in [-0.2, -0.15) is 0 Å². The second-order valence-electron chi connectivity index (χ2n) is 5.83. The Morgan fingerprint density at radius 1 is 1.05 bits per heavy atom. The van der Waals surface area contributed by atoms with E-state index in [1.165, 1.54) is 0 Å². The minimum absolute atomic E-state index is 0.0475. The average molecular weight is 299 g/mol. The number of carbonyl (C=O) groups is 2. The van der Waals surface area contributed by atoms with Crippen molar-refractivity contribution < 1.29 is 24.2 Å². The van der Waals surface area contributed by atoms with E-state index in [1.54, 1.807) is 13.8 Å². The number of hydrogen-bond donors (Lipinski definition) is 1. The predicted molar refractivity (Wildman–Crippen MR) is 75.5 cm³/mol. The second-order valence-corrected chi connectivity index (χ2v) is 5.83. The van der Waals surface area contributed by atoms with Gasteiger partial charge in [-0.25, -0.2) is 0 Å². The molecule has 2 saturated heterocycles. The van der Waals surface area contributed by atoms with Crippen molar-refractivity contribution in [2.75, 3.05) is 19.8 Å². The molecule has 0 aromatic heterocycles. The van der Waals surface area contributed by atoms with Crippen LogP contribution in [0.15, 0.2) is 0 Å². The van der Waals surface area contributed by atoms with Crippen molar-refractivity contribution >= 4 is 11.9 Å². The first-order chi connectivity index (χ1) is 10.0. The van der Waals surface area contributed by atoms with E-state index in [0.717, 1.165) is 0 Å². The van der Waals surface area contributed by atoms with Gasteiger partial charge in [-0.3, -0.25) is 14.5 Å². The minimum atomic E-state index is -0.346. The second kappa shape index (κ2) is 7.22. The molecule has 0 saturated carbocycles. The molecule has 0 aliphatic carbocycles. The lowest BCUT2D eigenvalue weighted by atomic mass is 9.77. The lowest BCUT2D eigenvalue weighted by molar-refractivity contribution is -0.157. The lowest BCUT2D eigenvalue weighted by Crippen LogP contribution is -2.57. The van der Waals surface area contributed by atoms with E-state index in [1.807, 2.05) is 0 Å². The molecule has 2 aliphatic heterocycles. The molecule has 2 heterocycles. The van der Waals surface area contributed by atoms with Gasteiger partial charge in [-0.15, -0.1) is 0 Å². The van der Waals surface area contributed by atoms with E-state index in [4.69, 9.17) is 9.47 Å². The first-order valence-electron chi connectivity index (χ1n) is 7.81. The van der Waals surface area contributed by atoms with Crippen LogP contribution in [-0.4, -0.2) is 59.9 Å². The Kier molecular flexibility index (Phi) is 5.58. The van der Waals surface area contributed by atoms with Crippen LogP contribution in [0.25, 0.3) is 0 Å². The zero-order chi connectivity index (χ0) is 15.4. The summed E-state index contributed by atoms with van der Waals surface area (Å²) in [6.45, 7) is 4.59. The van der Waals surface area contributed by atoms with Crippen molar-refractivity contribution in [2.24, 2.45) is 5.92 Å². The van der Waals surface area contributed by atoms with Gasteiger partial charge < -0.3 is 14.6 Å². The largest absolute Gasteiger partial charge is 0.466 e. The Hall–Kier alpha value is -1.14. The maximum Gasteiger partial charge on any atom is 0.320 e. The molecule has 0 radical (unpaired) electrons. The van der Waals surface area contributed by atoms with E-state index < -0.39 is 0 Å². The summed E-state index contributed by atoms with van der Waals surface area (Å²) in [5.74, 6) is -0.510. The fourth-order valence-corrected chi connectivity index (χ4v) is 3.58. The van der Waals surface area contributed by atoms with Crippen LogP contribution < -0.4 is 0 Å². The lowest BCUT2D eigenvalue weighted by Gasteiger charge is -2.49. The third-order valence-electron chi connectivity index (χ3n) is 4.38. The van der Waals surface area contributed by atoms with Gasteiger partial charge in [-0.1, -0.05) is 0 Å². The molecular formula is C15H25NO5. The Labute approximate surface area is 125 Å². The number of carbonyl (C=O) groups excluding carboxylic acids is 2. The summed E-state index contributed by atoms with van der Waals surface area (Å²) in [5.41, 5.74) is 0. The number of nitrogens with zero attached hydrogens (tertiary/aromatic N) is 1. The quantitative estimate of drug-likeness (QED) is 0.754. The fourth-order valence-electron chi connectivity index (χ4n) is 3.58. The molecule has 6 nitrogen and oxygen atoms in total. The Morgan fingerprint density at radius 2 is 1.62 bits per heavy atom. The highest BCUT2D eigenvalue weighted by molar-refractivity contribution is 5.73. The third kappa shape index (κ3) is 3.95. The molecule has 2 unspecified atom stereocenters.